The van der Waals surface area contributed by atoms with Gasteiger partial charge in [-0.05, 0) is 19.3 Å². The first kappa shape index (κ1) is 15.6. The van der Waals surface area contributed by atoms with Crippen LogP contribution in [0.5, 0.6) is 0 Å². The number of aliphatic carboxylic acids is 1. The molecule has 0 bridgehead atoms. The van der Waals surface area contributed by atoms with Crippen molar-refractivity contribution in [3.05, 3.63) is 0 Å². The van der Waals surface area contributed by atoms with Gasteiger partial charge >= 0.3 is 12.0 Å². The van der Waals surface area contributed by atoms with Crippen molar-refractivity contribution in [1.82, 2.24) is 16.0 Å². The van der Waals surface area contributed by atoms with Crippen LogP contribution in [0, 0.1) is 5.92 Å². The Kier molecular flexibility index (Phi) is 5.38. The number of rotatable bonds is 7. The smallest absolute Gasteiger partial charge is 0.315 e. The van der Waals surface area contributed by atoms with Gasteiger partial charge in [-0.1, -0.05) is 0 Å². The number of ether oxygens (including phenoxy) is 1. The molecule has 2 atom stereocenters. The first-order valence-electron chi connectivity index (χ1n) is 7.20. The molecule has 2 aliphatic rings. The highest BCUT2D eigenvalue weighted by molar-refractivity contribution is 5.78. The lowest BCUT2D eigenvalue weighted by Gasteiger charge is -2.16. The highest BCUT2D eigenvalue weighted by Crippen LogP contribution is 2.18. The van der Waals surface area contributed by atoms with Crippen LogP contribution in [0.1, 0.15) is 25.7 Å². The number of carboxylic acid groups (broad SMARTS) is 1. The summed E-state index contributed by atoms with van der Waals surface area (Å²) >= 11 is 0. The molecule has 1 aliphatic heterocycles. The number of amides is 3. The first-order chi connectivity index (χ1) is 10.1. The Morgan fingerprint density at radius 3 is 2.57 bits per heavy atom. The third-order valence-electron chi connectivity index (χ3n) is 3.52. The molecular formula is C13H21N3O5. The molecule has 4 N–H and O–H groups in total. The van der Waals surface area contributed by atoms with Gasteiger partial charge in [0.1, 0.15) is 5.92 Å². The predicted molar refractivity (Wildman–Crippen MR) is 72.7 cm³/mol. The molecule has 8 nitrogen and oxygen atoms in total. The average Bonchev–Trinajstić information content (AvgIpc) is 3.10. The molecule has 1 saturated carbocycles. The van der Waals surface area contributed by atoms with E-state index in [0.717, 1.165) is 12.8 Å². The second kappa shape index (κ2) is 7.26. The lowest BCUT2D eigenvalue weighted by molar-refractivity contribution is -0.142. The fourth-order valence-electron chi connectivity index (χ4n) is 2.14. The summed E-state index contributed by atoms with van der Waals surface area (Å²) in [7, 11) is 0. The van der Waals surface area contributed by atoms with Gasteiger partial charge in [-0.15, -0.1) is 0 Å². The fourth-order valence-corrected chi connectivity index (χ4v) is 2.14. The summed E-state index contributed by atoms with van der Waals surface area (Å²) in [6.45, 7) is 0.686. The zero-order valence-corrected chi connectivity index (χ0v) is 11.8. The molecule has 118 valence electrons. The van der Waals surface area contributed by atoms with Crippen molar-refractivity contribution < 1.29 is 24.2 Å². The maximum absolute atomic E-state index is 11.6. The van der Waals surface area contributed by atoms with Gasteiger partial charge in [0, 0.05) is 19.0 Å². The molecule has 0 spiro atoms. The van der Waals surface area contributed by atoms with E-state index in [9.17, 15) is 14.4 Å². The lowest BCUT2D eigenvalue weighted by Crippen LogP contribution is -2.47. The topological polar surface area (TPSA) is 117 Å². The molecule has 3 amide bonds. The Bertz CT molecular complexity index is 411. The van der Waals surface area contributed by atoms with Gasteiger partial charge in [0.2, 0.25) is 5.91 Å². The average molecular weight is 299 g/mol. The van der Waals surface area contributed by atoms with Crippen molar-refractivity contribution in [3.8, 4) is 0 Å². The molecule has 0 aromatic carbocycles. The normalized spacial score (nSPS) is 24.4. The number of nitrogens with one attached hydrogen (secondary N) is 3. The summed E-state index contributed by atoms with van der Waals surface area (Å²) in [5.74, 6) is -1.68. The van der Waals surface area contributed by atoms with E-state index in [0.29, 0.717) is 25.4 Å². The van der Waals surface area contributed by atoms with Crippen molar-refractivity contribution >= 4 is 17.9 Å². The van der Waals surface area contributed by atoms with Crippen LogP contribution in [0.3, 0.4) is 0 Å². The maximum atomic E-state index is 11.6. The lowest BCUT2D eigenvalue weighted by atomic mass is 10.0. The van der Waals surface area contributed by atoms with E-state index in [1.54, 1.807) is 0 Å². The van der Waals surface area contributed by atoms with Crippen molar-refractivity contribution in [2.24, 2.45) is 5.92 Å². The second-order valence-corrected chi connectivity index (χ2v) is 5.43. The molecular weight excluding hydrogens is 278 g/mol. The van der Waals surface area contributed by atoms with Crippen LogP contribution in [0.2, 0.25) is 0 Å². The van der Waals surface area contributed by atoms with Crippen LogP contribution in [-0.2, 0) is 14.3 Å². The highest BCUT2D eigenvalue weighted by atomic mass is 16.5. The number of hydrogen-bond donors (Lipinski definition) is 4. The van der Waals surface area contributed by atoms with Crippen LogP contribution in [0.15, 0.2) is 0 Å². The molecule has 0 radical (unpaired) electrons. The third kappa shape index (κ3) is 5.22. The molecule has 1 aliphatic carbocycles. The van der Waals surface area contributed by atoms with Gasteiger partial charge in [0.25, 0.3) is 0 Å². The van der Waals surface area contributed by atoms with Crippen molar-refractivity contribution in [2.45, 2.75) is 37.8 Å². The Morgan fingerprint density at radius 2 is 1.90 bits per heavy atom. The maximum Gasteiger partial charge on any atom is 0.315 e. The SMILES string of the molecule is O=C(CCCNC(=O)NC1COCC1C(=O)O)NC1CC1. The summed E-state index contributed by atoms with van der Waals surface area (Å²) in [5, 5.41) is 17.0. The molecule has 0 aromatic rings. The molecule has 2 rings (SSSR count). The van der Waals surface area contributed by atoms with E-state index in [-0.39, 0.29) is 19.1 Å². The van der Waals surface area contributed by atoms with Crippen molar-refractivity contribution in [2.75, 3.05) is 19.8 Å². The third-order valence-corrected chi connectivity index (χ3v) is 3.52. The zero-order valence-electron chi connectivity index (χ0n) is 11.8. The minimum absolute atomic E-state index is 0.00911. The standard InChI is InChI=1S/C13H21N3O5/c17-11(15-8-3-4-8)2-1-5-14-13(20)16-10-7-21-6-9(10)12(18)19/h8-10H,1-7H2,(H,15,17)(H,18,19)(H2,14,16,20). The zero-order chi connectivity index (χ0) is 15.2. The summed E-state index contributed by atoms with van der Waals surface area (Å²) in [6.07, 6.45) is 3.04. The Balaban J connectivity index is 1.56. The van der Waals surface area contributed by atoms with Gasteiger partial charge in [0.05, 0.1) is 19.3 Å². The summed E-state index contributed by atoms with van der Waals surface area (Å²) in [5.41, 5.74) is 0. The molecule has 1 heterocycles. The number of hydrogen-bond acceptors (Lipinski definition) is 4. The molecule has 1 saturated heterocycles. The van der Waals surface area contributed by atoms with E-state index in [1.165, 1.54) is 0 Å². The van der Waals surface area contributed by atoms with Gasteiger partial charge in [-0.3, -0.25) is 9.59 Å². The van der Waals surface area contributed by atoms with E-state index < -0.39 is 24.0 Å². The monoisotopic (exact) mass is 299 g/mol. The van der Waals surface area contributed by atoms with E-state index in [4.69, 9.17) is 9.84 Å². The molecule has 8 heteroatoms. The Hall–Kier alpha value is -1.83. The van der Waals surface area contributed by atoms with Gasteiger partial charge < -0.3 is 25.8 Å². The minimum Gasteiger partial charge on any atom is -0.481 e. The van der Waals surface area contributed by atoms with Crippen molar-refractivity contribution in [1.29, 1.82) is 0 Å². The summed E-state index contributed by atoms with van der Waals surface area (Å²) in [4.78, 5) is 34.0. The van der Waals surface area contributed by atoms with Gasteiger partial charge in [-0.25, -0.2) is 4.79 Å². The van der Waals surface area contributed by atoms with Crippen molar-refractivity contribution in [3.63, 3.8) is 0 Å². The summed E-state index contributed by atoms with van der Waals surface area (Å²) < 4.78 is 5.06. The predicted octanol–water partition coefficient (Wildman–Crippen LogP) is -0.556. The van der Waals surface area contributed by atoms with Gasteiger partial charge in [0.15, 0.2) is 0 Å². The van der Waals surface area contributed by atoms with Crippen LogP contribution < -0.4 is 16.0 Å². The largest absolute Gasteiger partial charge is 0.481 e. The Labute approximate surface area is 122 Å². The molecule has 2 fully saturated rings. The van der Waals surface area contributed by atoms with Crippen LogP contribution >= 0.6 is 0 Å². The second-order valence-electron chi connectivity index (χ2n) is 5.43. The Morgan fingerprint density at radius 1 is 1.14 bits per heavy atom. The highest BCUT2D eigenvalue weighted by Gasteiger charge is 2.34. The van der Waals surface area contributed by atoms with E-state index in [2.05, 4.69) is 16.0 Å². The van der Waals surface area contributed by atoms with Crippen LogP contribution in [-0.4, -0.2) is 54.9 Å². The summed E-state index contributed by atoms with van der Waals surface area (Å²) in [6, 6.07) is -0.593. The van der Waals surface area contributed by atoms with E-state index >= 15 is 0 Å². The van der Waals surface area contributed by atoms with Crippen LogP contribution in [0.4, 0.5) is 4.79 Å². The van der Waals surface area contributed by atoms with E-state index in [1.807, 2.05) is 0 Å². The number of carbonyl (C=O) groups excluding carboxylic acids is 2. The molecule has 21 heavy (non-hydrogen) atoms. The molecule has 0 aromatic heterocycles. The van der Waals surface area contributed by atoms with Crippen LogP contribution in [0.25, 0.3) is 0 Å². The quantitative estimate of drug-likeness (QED) is 0.470. The number of carbonyl (C=O) groups is 3. The van der Waals surface area contributed by atoms with Gasteiger partial charge in [-0.2, -0.15) is 0 Å². The number of urea groups is 1. The first-order valence-corrected chi connectivity index (χ1v) is 7.20. The minimum atomic E-state index is -0.977. The molecule has 2 unspecified atom stereocenters. The number of carboxylic acids is 1. The fraction of sp³-hybridized carbons (Fsp3) is 0.769.